The monoisotopic (exact) mass is 670 g/mol. The van der Waals surface area contributed by atoms with E-state index in [9.17, 15) is 4.79 Å². The minimum absolute atomic E-state index is 0.218. The normalized spacial score (nSPS) is 20.3. The summed E-state index contributed by atoms with van der Waals surface area (Å²) in [5.74, 6) is 0.365. The standard InChI is InChI=1S/C39H47FN4O5/c1-9-46-37(45)35(49-38(5,6)7)33-26(4)41-32-23-30-27-13-10-14-28(22-27)34-29(40)20-24(2)21-31(34)48-25(3)12-11-19-47-39(8)15-17-43(18-16-39)36(33)44(32)42-30/h10-14,20-23,25,35H,9,15-19H2,1-8H3. The highest BCUT2D eigenvalue weighted by atomic mass is 19.1. The van der Waals surface area contributed by atoms with Crippen molar-refractivity contribution in [1.29, 1.82) is 0 Å². The van der Waals surface area contributed by atoms with Gasteiger partial charge in [0.25, 0.3) is 0 Å². The number of hydrogen-bond acceptors (Lipinski definition) is 8. The molecule has 49 heavy (non-hydrogen) atoms. The predicted molar refractivity (Wildman–Crippen MR) is 189 cm³/mol. The van der Waals surface area contributed by atoms with Gasteiger partial charge >= 0.3 is 5.97 Å². The highest BCUT2D eigenvalue weighted by molar-refractivity contribution is 5.81. The summed E-state index contributed by atoms with van der Waals surface area (Å²) in [4.78, 5) is 20.8. The molecule has 0 saturated carbocycles. The molecule has 6 bridgehead atoms. The van der Waals surface area contributed by atoms with E-state index in [1.165, 1.54) is 6.07 Å². The molecule has 0 amide bonds. The summed E-state index contributed by atoms with van der Waals surface area (Å²) in [6, 6.07) is 13.0. The van der Waals surface area contributed by atoms with Crippen LogP contribution in [0.25, 0.3) is 28.0 Å². The fourth-order valence-corrected chi connectivity index (χ4v) is 6.65. The summed E-state index contributed by atoms with van der Waals surface area (Å²) < 4.78 is 42.3. The second-order valence-corrected chi connectivity index (χ2v) is 14.3. The van der Waals surface area contributed by atoms with Crippen LogP contribution >= 0.6 is 0 Å². The van der Waals surface area contributed by atoms with Gasteiger partial charge in [0.2, 0.25) is 0 Å². The van der Waals surface area contributed by atoms with Crippen LogP contribution in [0.1, 0.15) is 77.3 Å². The van der Waals surface area contributed by atoms with E-state index in [-0.39, 0.29) is 24.1 Å². The number of rotatable bonds is 4. The summed E-state index contributed by atoms with van der Waals surface area (Å²) >= 11 is 0. The first-order chi connectivity index (χ1) is 23.2. The van der Waals surface area contributed by atoms with Crippen LogP contribution in [0.3, 0.4) is 0 Å². The van der Waals surface area contributed by atoms with Crippen LogP contribution in [-0.2, 0) is 19.0 Å². The van der Waals surface area contributed by atoms with Gasteiger partial charge in [0.15, 0.2) is 11.8 Å². The first-order valence-corrected chi connectivity index (χ1v) is 17.1. The number of esters is 1. The minimum Gasteiger partial charge on any atom is -0.486 e. The Morgan fingerprint density at radius 3 is 2.57 bits per heavy atom. The Hall–Kier alpha value is -4.28. The van der Waals surface area contributed by atoms with E-state index in [0.29, 0.717) is 59.2 Å². The van der Waals surface area contributed by atoms with E-state index in [0.717, 1.165) is 29.8 Å². The lowest BCUT2D eigenvalue weighted by atomic mass is 9.92. The summed E-state index contributed by atoms with van der Waals surface area (Å²) in [7, 11) is 0. The van der Waals surface area contributed by atoms with Crippen LogP contribution in [0.15, 0.2) is 54.6 Å². The molecular formula is C39H47FN4O5. The van der Waals surface area contributed by atoms with Crippen LogP contribution in [0.2, 0.25) is 0 Å². The predicted octanol–water partition coefficient (Wildman–Crippen LogP) is 7.95. The molecule has 2 aromatic carbocycles. The third-order valence-electron chi connectivity index (χ3n) is 9.05. The van der Waals surface area contributed by atoms with Crippen molar-refractivity contribution >= 4 is 17.4 Å². The molecule has 0 aliphatic carbocycles. The van der Waals surface area contributed by atoms with Crippen molar-refractivity contribution in [2.24, 2.45) is 0 Å². The molecule has 2 unspecified atom stereocenters. The maximum absolute atomic E-state index is 15.7. The average molecular weight is 671 g/mol. The molecule has 9 nitrogen and oxygen atoms in total. The van der Waals surface area contributed by atoms with E-state index in [1.54, 1.807) is 6.92 Å². The Morgan fingerprint density at radius 1 is 1.12 bits per heavy atom. The number of piperidine rings is 1. The lowest BCUT2D eigenvalue weighted by Crippen LogP contribution is -2.45. The summed E-state index contributed by atoms with van der Waals surface area (Å²) in [6.45, 7) is 17.3. The number of aromatic nitrogens is 3. The Bertz CT molecular complexity index is 1890. The molecule has 7 rings (SSSR count). The Kier molecular flexibility index (Phi) is 9.57. The quantitative estimate of drug-likeness (QED) is 0.160. The number of aryl methyl sites for hydroxylation is 2. The van der Waals surface area contributed by atoms with Crippen molar-refractivity contribution in [2.75, 3.05) is 31.2 Å². The lowest BCUT2D eigenvalue weighted by molar-refractivity contribution is -0.166. The summed E-state index contributed by atoms with van der Waals surface area (Å²) in [5.41, 5.74) is 4.16. The van der Waals surface area contributed by atoms with E-state index in [4.69, 9.17) is 29.0 Å². The van der Waals surface area contributed by atoms with E-state index < -0.39 is 17.7 Å². The zero-order valence-electron chi connectivity index (χ0n) is 29.8. The topological polar surface area (TPSA) is 87.4 Å². The first-order valence-electron chi connectivity index (χ1n) is 17.1. The van der Waals surface area contributed by atoms with E-state index >= 15 is 4.39 Å². The maximum atomic E-state index is 15.7. The van der Waals surface area contributed by atoms with Gasteiger partial charge in [0.05, 0.1) is 41.2 Å². The number of carbonyl (C=O) groups is 1. The van der Waals surface area contributed by atoms with Gasteiger partial charge < -0.3 is 23.8 Å². The molecule has 10 heteroatoms. The maximum Gasteiger partial charge on any atom is 0.340 e. The smallest absolute Gasteiger partial charge is 0.340 e. The Balaban J connectivity index is 1.58. The van der Waals surface area contributed by atoms with Gasteiger partial charge in [0, 0.05) is 30.4 Å². The zero-order chi connectivity index (χ0) is 35.1. The number of benzene rings is 2. The molecular weight excluding hydrogens is 623 g/mol. The molecule has 3 aliphatic heterocycles. The highest BCUT2D eigenvalue weighted by Gasteiger charge is 2.38. The number of ether oxygens (including phenoxy) is 4. The molecule has 2 atom stereocenters. The van der Waals surface area contributed by atoms with Crippen LogP contribution in [-0.4, -0.2) is 64.2 Å². The Morgan fingerprint density at radius 2 is 1.86 bits per heavy atom. The number of fused-ring (bicyclic) bond motifs is 6. The van der Waals surface area contributed by atoms with Gasteiger partial charge in [-0.25, -0.2) is 14.2 Å². The molecule has 0 spiro atoms. The summed E-state index contributed by atoms with van der Waals surface area (Å²) in [5, 5.41) is 5.11. The van der Waals surface area contributed by atoms with E-state index in [2.05, 4.69) is 11.8 Å². The molecule has 0 radical (unpaired) electrons. The molecule has 0 N–H and O–H groups in total. The van der Waals surface area contributed by atoms with Crippen molar-refractivity contribution in [3.63, 3.8) is 0 Å². The molecule has 5 heterocycles. The molecule has 260 valence electrons. The van der Waals surface area contributed by atoms with E-state index in [1.807, 2.05) is 94.6 Å². The number of carbonyl (C=O) groups excluding carboxylic acids is 1. The van der Waals surface area contributed by atoms with Crippen molar-refractivity contribution in [3.8, 4) is 28.1 Å². The van der Waals surface area contributed by atoms with Crippen LogP contribution in [0.5, 0.6) is 5.75 Å². The largest absolute Gasteiger partial charge is 0.486 e. The summed E-state index contributed by atoms with van der Waals surface area (Å²) in [6.07, 6.45) is 4.09. The second kappa shape index (κ2) is 13.6. The number of anilines is 1. The van der Waals surface area contributed by atoms with Crippen LogP contribution in [0, 0.1) is 19.7 Å². The van der Waals surface area contributed by atoms with Gasteiger partial charge in [-0.2, -0.15) is 9.61 Å². The molecule has 1 fully saturated rings. The number of hydrogen-bond donors (Lipinski definition) is 0. The molecule has 3 aliphatic rings. The first kappa shape index (κ1) is 34.6. The van der Waals surface area contributed by atoms with Crippen molar-refractivity contribution in [2.45, 2.75) is 91.6 Å². The van der Waals surface area contributed by atoms with Crippen molar-refractivity contribution in [1.82, 2.24) is 14.6 Å². The number of halogens is 1. The SMILES string of the molecule is CCOC(=O)C(OC(C)(C)C)c1c(C)nc2cc3nn2c1N1CCC(C)(CC1)OCC=CC(C)Oc1cc(C)cc(F)c1-c1cccc-3c1. The fourth-order valence-electron chi connectivity index (χ4n) is 6.65. The minimum atomic E-state index is -1.02. The third kappa shape index (κ3) is 7.35. The van der Waals surface area contributed by atoms with Gasteiger partial charge in [-0.1, -0.05) is 24.3 Å². The fraction of sp³-hybridized carbons (Fsp3) is 0.462. The van der Waals surface area contributed by atoms with Gasteiger partial charge in [0.1, 0.15) is 23.5 Å². The lowest BCUT2D eigenvalue weighted by Gasteiger charge is -2.41. The van der Waals surface area contributed by atoms with Gasteiger partial charge in [-0.15, -0.1) is 0 Å². The third-order valence-corrected chi connectivity index (χ3v) is 9.05. The van der Waals surface area contributed by atoms with Crippen molar-refractivity contribution < 1.29 is 28.1 Å². The van der Waals surface area contributed by atoms with Crippen LogP contribution < -0.4 is 9.64 Å². The number of nitrogens with zero attached hydrogens (tertiary/aromatic N) is 4. The zero-order valence-corrected chi connectivity index (χ0v) is 29.8. The average Bonchev–Trinajstić information content (AvgIpc) is 3.45. The van der Waals surface area contributed by atoms with Crippen LogP contribution in [0.4, 0.5) is 10.2 Å². The molecule has 2 aromatic heterocycles. The highest BCUT2D eigenvalue weighted by Crippen LogP contribution is 2.40. The Labute approximate surface area is 288 Å². The van der Waals surface area contributed by atoms with Gasteiger partial charge in [-0.05, 0) is 104 Å². The second-order valence-electron chi connectivity index (χ2n) is 14.3. The molecule has 4 aromatic rings. The van der Waals surface area contributed by atoms with Gasteiger partial charge in [-0.3, -0.25) is 0 Å². The molecule has 1 saturated heterocycles. The van der Waals surface area contributed by atoms with Crippen molar-refractivity contribution in [3.05, 3.63) is 77.3 Å².